The number of likely N-dealkylation sites (tertiary alicyclic amines) is 1. The van der Waals surface area contributed by atoms with E-state index in [9.17, 15) is 0 Å². The zero-order valence-corrected chi connectivity index (χ0v) is 15.7. The second kappa shape index (κ2) is 8.85. The number of nitrogens with zero attached hydrogens (tertiary/aromatic N) is 4. The number of nitrogens with one attached hydrogen (secondary N) is 2. The number of halogens is 1. The van der Waals surface area contributed by atoms with Crippen LogP contribution in [0.5, 0.6) is 0 Å². The molecule has 1 aromatic carbocycles. The fourth-order valence-electron chi connectivity index (χ4n) is 2.68. The molecular weight excluding hydrogens is 403 g/mol. The van der Waals surface area contributed by atoms with Crippen molar-refractivity contribution in [2.75, 3.05) is 19.6 Å². The first kappa shape index (κ1) is 17.7. The third kappa shape index (κ3) is 4.66. The maximum atomic E-state index is 4.77. The molecule has 0 bridgehead atoms. The van der Waals surface area contributed by atoms with Gasteiger partial charge in [-0.1, -0.05) is 18.2 Å². The van der Waals surface area contributed by atoms with Gasteiger partial charge >= 0.3 is 0 Å². The molecule has 0 saturated carbocycles. The number of aromatic amines is 1. The molecule has 0 aliphatic carbocycles. The van der Waals surface area contributed by atoms with Gasteiger partial charge in [-0.2, -0.15) is 5.10 Å². The van der Waals surface area contributed by atoms with Crippen LogP contribution >= 0.6 is 24.0 Å². The summed E-state index contributed by atoms with van der Waals surface area (Å²) in [6, 6.07) is 8.26. The minimum atomic E-state index is 0. The lowest BCUT2D eigenvalue weighted by molar-refractivity contribution is 0.493. The van der Waals surface area contributed by atoms with Crippen molar-refractivity contribution in [1.82, 2.24) is 25.4 Å². The second-order valence-corrected chi connectivity index (χ2v) is 5.40. The summed E-state index contributed by atoms with van der Waals surface area (Å²) in [5.41, 5.74) is 2.21. The lowest BCUT2D eigenvalue weighted by Gasteiger charge is -2.20. The van der Waals surface area contributed by atoms with Crippen molar-refractivity contribution in [2.24, 2.45) is 4.99 Å². The fraction of sp³-hybridized carbons (Fsp3) is 0.438. The molecule has 0 atom stereocenters. The first-order valence-corrected chi connectivity index (χ1v) is 7.85. The average Bonchev–Trinajstić information content (AvgIpc) is 3.24. The predicted molar refractivity (Wildman–Crippen MR) is 103 cm³/mol. The quantitative estimate of drug-likeness (QED) is 0.448. The Hall–Kier alpha value is -1.64. The Labute approximate surface area is 153 Å². The van der Waals surface area contributed by atoms with Gasteiger partial charge in [-0.25, -0.2) is 9.98 Å². The number of rotatable bonds is 4. The molecule has 7 heteroatoms. The molecule has 1 aromatic heterocycles. The number of hydrogen-bond donors (Lipinski definition) is 2. The van der Waals surface area contributed by atoms with E-state index in [0.717, 1.165) is 37.0 Å². The molecule has 3 rings (SSSR count). The molecule has 2 N–H and O–H groups in total. The molecule has 1 saturated heterocycles. The third-order valence-corrected chi connectivity index (χ3v) is 3.77. The zero-order valence-electron chi connectivity index (χ0n) is 13.3. The van der Waals surface area contributed by atoms with Gasteiger partial charge in [-0.15, -0.1) is 24.0 Å². The lowest BCUT2D eigenvalue weighted by atomic mass is 10.1. The summed E-state index contributed by atoms with van der Waals surface area (Å²) in [5, 5.41) is 10.2. The van der Waals surface area contributed by atoms with E-state index in [4.69, 9.17) is 4.99 Å². The van der Waals surface area contributed by atoms with Crippen molar-refractivity contribution in [3.8, 4) is 11.4 Å². The Morgan fingerprint density at radius 2 is 2.17 bits per heavy atom. The van der Waals surface area contributed by atoms with Crippen molar-refractivity contribution in [1.29, 1.82) is 0 Å². The van der Waals surface area contributed by atoms with Crippen LogP contribution in [0.1, 0.15) is 25.3 Å². The molecule has 0 amide bonds. The Morgan fingerprint density at radius 3 is 2.87 bits per heavy atom. The topological polar surface area (TPSA) is 69.2 Å². The highest BCUT2D eigenvalue weighted by molar-refractivity contribution is 14.0. The number of benzene rings is 1. The van der Waals surface area contributed by atoms with Crippen LogP contribution in [0.15, 0.2) is 35.6 Å². The molecule has 124 valence electrons. The van der Waals surface area contributed by atoms with Gasteiger partial charge in [0.15, 0.2) is 11.8 Å². The van der Waals surface area contributed by atoms with Gasteiger partial charge in [0.2, 0.25) is 0 Å². The summed E-state index contributed by atoms with van der Waals surface area (Å²) in [6.45, 7) is 5.87. The highest BCUT2D eigenvalue weighted by atomic mass is 127. The van der Waals surface area contributed by atoms with E-state index in [2.05, 4.69) is 44.5 Å². The lowest BCUT2D eigenvalue weighted by Crippen LogP contribution is -2.39. The number of H-pyrrole nitrogens is 1. The second-order valence-electron chi connectivity index (χ2n) is 5.40. The molecular formula is C16H23IN6. The molecule has 2 heterocycles. The van der Waals surface area contributed by atoms with Crippen LogP contribution in [-0.2, 0) is 6.54 Å². The van der Waals surface area contributed by atoms with E-state index < -0.39 is 0 Å². The molecule has 0 unspecified atom stereocenters. The summed E-state index contributed by atoms with van der Waals surface area (Å²) in [6.07, 6.45) is 4.04. The normalized spacial score (nSPS) is 14.7. The van der Waals surface area contributed by atoms with E-state index in [1.165, 1.54) is 24.7 Å². The Bertz CT molecular complexity index is 619. The van der Waals surface area contributed by atoms with Gasteiger partial charge in [-0.3, -0.25) is 5.10 Å². The van der Waals surface area contributed by atoms with Crippen LogP contribution in [0.3, 0.4) is 0 Å². The molecule has 2 aromatic rings. The minimum Gasteiger partial charge on any atom is -0.357 e. The van der Waals surface area contributed by atoms with Crippen molar-refractivity contribution in [3.63, 3.8) is 0 Å². The van der Waals surface area contributed by atoms with Crippen LogP contribution in [-0.4, -0.2) is 45.7 Å². The van der Waals surface area contributed by atoms with E-state index in [0.29, 0.717) is 6.54 Å². The Morgan fingerprint density at radius 1 is 1.35 bits per heavy atom. The smallest absolute Gasteiger partial charge is 0.194 e. The fourth-order valence-corrected chi connectivity index (χ4v) is 2.68. The highest BCUT2D eigenvalue weighted by Crippen LogP contribution is 2.16. The van der Waals surface area contributed by atoms with Crippen molar-refractivity contribution >= 4 is 29.9 Å². The maximum Gasteiger partial charge on any atom is 0.194 e. The van der Waals surface area contributed by atoms with Crippen molar-refractivity contribution < 1.29 is 0 Å². The van der Waals surface area contributed by atoms with E-state index >= 15 is 0 Å². The zero-order chi connectivity index (χ0) is 15.2. The molecule has 23 heavy (non-hydrogen) atoms. The van der Waals surface area contributed by atoms with Gasteiger partial charge in [0.05, 0.1) is 6.54 Å². The van der Waals surface area contributed by atoms with Crippen LogP contribution < -0.4 is 5.32 Å². The highest BCUT2D eigenvalue weighted by Gasteiger charge is 2.15. The summed E-state index contributed by atoms with van der Waals surface area (Å²) < 4.78 is 0. The van der Waals surface area contributed by atoms with E-state index in [-0.39, 0.29) is 24.0 Å². The molecule has 1 aliphatic heterocycles. The third-order valence-electron chi connectivity index (χ3n) is 3.77. The average molecular weight is 426 g/mol. The number of hydrogen-bond acceptors (Lipinski definition) is 3. The largest absolute Gasteiger partial charge is 0.357 e. The molecule has 0 spiro atoms. The minimum absolute atomic E-state index is 0. The van der Waals surface area contributed by atoms with Gasteiger partial charge in [0.25, 0.3) is 0 Å². The Kier molecular flexibility index (Phi) is 6.82. The summed E-state index contributed by atoms with van der Waals surface area (Å²) in [7, 11) is 0. The molecule has 1 aliphatic rings. The van der Waals surface area contributed by atoms with E-state index in [1.807, 2.05) is 12.1 Å². The van der Waals surface area contributed by atoms with Gasteiger partial charge in [0, 0.05) is 25.2 Å². The van der Waals surface area contributed by atoms with E-state index in [1.54, 1.807) is 0 Å². The van der Waals surface area contributed by atoms with Crippen molar-refractivity contribution in [3.05, 3.63) is 36.2 Å². The standard InChI is InChI=1S/C16H22N6.HI/c1-2-17-16(22-8-3-4-9-22)18-11-13-6-5-7-14(10-13)15-19-12-20-21-15;/h5-7,10,12H,2-4,8-9,11H2,1H3,(H,17,18)(H,19,20,21);1H. The SMILES string of the molecule is CCNC(=NCc1cccc(-c2ncn[nH]2)c1)N1CCCC1.I. The first-order valence-electron chi connectivity index (χ1n) is 7.85. The van der Waals surface area contributed by atoms with Crippen molar-refractivity contribution in [2.45, 2.75) is 26.3 Å². The number of guanidine groups is 1. The summed E-state index contributed by atoms with van der Waals surface area (Å²) in [4.78, 5) is 11.3. The van der Waals surface area contributed by atoms with Crippen LogP contribution in [0.4, 0.5) is 0 Å². The van der Waals surface area contributed by atoms with Crippen LogP contribution in [0.2, 0.25) is 0 Å². The maximum absolute atomic E-state index is 4.77. The van der Waals surface area contributed by atoms with Gasteiger partial charge in [0.1, 0.15) is 6.33 Å². The van der Waals surface area contributed by atoms with Gasteiger partial charge in [-0.05, 0) is 31.4 Å². The predicted octanol–water partition coefficient (Wildman–Crippen LogP) is 2.65. The van der Waals surface area contributed by atoms with Crippen LogP contribution in [0.25, 0.3) is 11.4 Å². The first-order chi connectivity index (χ1) is 10.9. The molecule has 6 nitrogen and oxygen atoms in total. The summed E-state index contributed by atoms with van der Waals surface area (Å²) >= 11 is 0. The molecule has 1 fully saturated rings. The van der Waals surface area contributed by atoms with Crippen LogP contribution in [0, 0.1) is 0 Å². The Balaban J connectivity index is 0.00000192. The van der Waals surface area contributed by atoms with Gasteiger partial charge < -0.3 is 10.2 Å². The molecule has 0 radical (unpaired) electrons. The number of aromatic nitrogens is 3. The summed E-state index contributed by atoms with van der Waals surface area (Å²) in [5.74, 6) is 1.81. The number of aliphatic imine (C=N–C) groups is 1. The monoisotopic (exact) mass is 426 g/mol.